The molecule has 1 N–H and O–H groups in total. The Bertz CT molecular complexity index is 402. The molecule has 1 aromatic rings. The van der Waals surface area contributed by atoms with Gasteiger partial charge >= 0.3 is 0 Å². The average molecular weight is 242 g/mol. The summed E-state index contributed by atoms with van der Waals surface area (Å²) in [6.45, 7) is 5.68. The lowest BCUT2D eigenvalue weighted by atomic mass is 10.1. The molecule has 0 fully saturated rings. The first-order chi connectivity index (χ1) is 7.45. The molecular weight excluding hydrogens is 226 g/mol. The number of halogens is 1. The first kappa shape index (κ1) is 12.8. The Hall–Kier alpha value is -1.22. The standard InChI is InChI=1S/C12H16ClNO2/c1-7(2)14-12(15)9-6-10(13)8(3)5-11(9)16-4/h5-7H,1-4H3,(H,14,15). The van der Waals surface area contributed by atoms with Crippen LogP contribution in [0.25, 0.3) is 0 Å². The van der Waals surface area contributed by atoms with Crippen molar-refractivity contribution >= 4 is 17.5 Å². The molecule has 0 atom stereocenters. The molecule has 88 valence electrons. The zero-order chi connectivity index (χ0) is 12.3. The van der Waals surface area contributed by atoms with E-state index >= 15 is 0 Å². The van der Waals surface area contributed by atoms with Crippen LogP contribution in [0.1, 0.15) is 29.8 Å². The third-order valence-electron chi connectivity index (χ3n) is 2.15. The maximum absolute atomic E-state index is 11.8. The van der Waals surface area contributed by atoms with Gasteiger partial charge in [0.2, 0.25) is 0 Å². The van der Waals surface area contributed by atoms with Crippen molar-refractivity contribution in [3.05, 3.63) is 28.3 Å². The SMILES string of the molecule is COc1cc(C)c(Cl)cc1C(=O)NC(C)C. The van der Waals surface area contributed by atoms with E-state index in [2.05, 4.69) is 5.32 Å². The van der Waals surface area contributed by atoms with Gasteiger partial charge < -0.3 is 10.1 Å². The molecule has 0 bridgehead atoms. The Labute approximate surface area is 101 Å². The zero-order valence-electron chi connectivity index (χ0n) is 9.93. The van der Waals surface area contributed by atoms with E-state index in [-0.39, 0.29) is 11.9 Å². The summed E-state index contributed by atoms with van der Waals surface area (Å²) in [7, 11) is 1.54. The van der Waals surface area contributed by atoms with E-state index < -0.39 is 0 Å². The molecule has 0 saturated carbocycles. The Morgan fingerprint density at radius 2 is 2.06 bits per heavy atom. The van der Waals surface area contributed by atoms with Gasteiger partial charge in [0.25, 0.3) is 5.91 Å². The van der Waals surface area contributed by atoms with Crippen molar-refractivity contribution in [1.82, 2.24) is 5.32 Å². The molecule has 0 aliphatic rings. The van der Waals surface area contributed by atoms with Gasteiger partial charge in [-0.15, -0.1) is 0 Å². The van der Waals surface area contributed by atoms with Crippen LogP contribution < -0.4 is 10.1 Å². The van der Waals surface area contributed by atoms with Crippen LogP contribution >= 0.6 is 11.6 Å². The highest BCUT2D eigenvalue weighted by molar-refractivity contribution is 6.31. The minimum Gasteiger partial charge on any atom is -0.496 e. The number of hydrogen-bond acceptors (Lipinski definition) is 2. The Kier molecular flexibility index (Phi) is 4.19. The third kappa shape index (κ3) is 2.89. The van der Waals surface area contributed by atoms with Crippen LogP contribution in [0.5, 0.6) is 5.75 Å². The quantitative estimate of drug-likeness (QED) is 0.884. The number of ether oxygens (including phenoxy) is 1. The smallest absolute Gasteiger partial charge is 0.255 e. The van der Waals surface area contributed by atoms with Crippen molar-refractivity contribution in [3.63, 3.8) is 0 Å². The highest BCUT2D eigenvalue weighted by Gasteiger charge is 2.14. The second kappa shape index (κ2) is 5.21. The minimum atomic E-state index is -0.172. The average Bonchev–Trinajstić information content (AvgIpc) is 2.20. The van der Waals surface area contributed by atoms with Crippen LogP contribution in [-0.4, -0.2) is 19.1 Å². The summed E-state index contributed by atoms with van der Waals surface area (Å²) in [5.74, 6) is 0.369. The fourth-order valence-corrected chi connectivity index (χ4v) is 1.50. The molecule has 3 nitrogen and oxygen atoms in total. The summed E-state index contributed by atoms with van der Waals surface area (Å²) in [6, 6.07) is 3.47. The third-order valence-corrected chi connectivity index (χ3v) is 2.55. The number of aryl methyl sites for hydroxylation is 1. The molecule has 0 saturated heterocycles. The fraction of sp³-hybridized carbons (Fsp3) is 0.417. The largest absolute Gasteiger partial charge is 0.496 e. The predicted octanol–water partition coefficient (Wildman–Crippen LogP) is 2.80. The van der Waals surface area contributed by atoms with E-state index in [0.717, 1.165) is 5.56 Å². The van der Waals surface area contributed by atoms with Crippen LogP contribution in [0.2, 0.25) is 5.02 Å². The number of rotatable bonds is 3. The second-order valence-corrected chi connectivity index (χ2v) is 4.34. The maximum Gasteiger partial charge on any atom is 0.255 e. The lowest BCUT2D eigenvalue weighted by Gasteiger charge is -2.13. The van der Waals surface area contributed by atoms with Crippen LogP contribution in [0.15, 0.2) is 12.1 Å². The Morgan fingerprint density at radius 1 is 1.44 bits per heavy atom. The summed E-state index contributed by atoms with van der Waals surface area (Å²) >= 11 is 5.99. The van der Waals surface area contributed by atoms with Crippen molar-refractivity contribution < 1.29 is 9.53 Å². The predicted molar refractivity (Wildman–Crippen MR) is 65.3 cm³/mol. The highest BCUT2D eigenvalue weighted by Crippen LogP contribution is 2.26. The molecule has 1 amide bonds. The van der Waals surface area contributed by atoms with Crippen LogP contribution in [0.3, 0.4) is 0 Å². The molecule has 0 aliphatic heterocycles. The molecule has 4 heteroatoms. The second-order valence-electron chi connectivity index (χ2n) is 3.93. The van der Waals surface area contributed by atoms with Gasteiger partial charge in [-0.1, -0.05) is 11.6 Å². The summed E-state index contributed by atoms with van der Waals surface area (Å²) in [4.78, 5) is 11.8. The number of amides is 1. The van der Waals surface area contributed by atoms with Crippen molar-refractivity contribution in [2.24, 2.45) is 0 Å². The molecule has 0 aromatic heterocycles. The number of carbonyl (C=O) groups is 1. The van der Waals surface area contributed by atoms with Gasteiger partial charge in [-0.2, -0.15) is 0 Å². The van der Waals surface area contributed by atoms with Crippen LogP contribution in [-0.2, 0) is 0 Å². The molecule has 0 unspecified atom stereocenters. The monoisotopic (exact) mass is 241 g/mol. The molecule has 16 heavy (non-hydrogen) atoms. The van der Waals surface area contributed by atoms with Crippen molar-refractivity contribution in [1.29, 1.82) is 0 Å². The molecule has 1 aromatic carbocycles. The van der Waals surface area contributed by atoms with Crippen molar-refractivity contribution in [3.8, 4) is 5.75 Å². The number of carbonyl (C=O) groups excluding carboxylic acids is 1. The highest BCUT2D eigenvalue weighted by atomic mass is 35.5. The number of methoxy groups -OCH3 is 1. The van der Waals surface area contributed by atoms with E-state index in [1.165, 1.54) is 7.11 Å². The molecule has 0 aliphatic carbocycles. The van der Waals surface area contributed by atoms with Gasteiger partial charge in [-0.05, 0) is 38.5 Å². The maximum atomic E-state index is 11.8. The van der Waals surface area contributed by atoms with Crippen molar-refractivity contribution in [2.75, 3.05) is 7.11 Å². The zero-order valence-corrected chi connectivity index (χ0v) is 10.7. The molecule has 0 heterocycles. The van der Waals surface area contributed by atoms with E-state index in [4.69, 9.17) is 16.3 Å². The van der Waals surface area contributed by atoms with E-state index in [1.54, 1.807) is 12.1 Å². The van der Waals surface area contributed by atoms with E-state index in [1.807, 2.05) is 20.8 Å². The minimum absolute atomic E-state index is 0.0808. The first-order valence-corrected chi connectivity index (χ1v) is 5.48. The first-order valence-electron chi connectivity index (χ1n) is 5.10. The van der Waals surface area contributed by atoms with Gasteiger partial charge in [-0.25, -0.2) is 0 Å². The lowest BCUT2D eigenvalue weighted by Crippen LogP contribution is -2.30. The summed E-state index contributed by atoms with van der Waals surface area (Å²) in [6.07, 6.45) is 0. The van der Waals surface area contributed by atoms with Gasteiger partial charge in [0, 0.05) is 11.1 Å². The van der Waals surface area contributed by atoms with E-state index in [0.29, 0.717) is 16.3 Å². The summed E-state index contributed by atoms with van der Waals surface area (Å²) in [5, 5.41) is 3.37. The van der Waals surface area contributed by atoms with Gasteiger partial charge in [0.15, 0.2) is 0 Å². The molecular formula is C12H16ClNO2. The number of hydrogen-bond donors (Lipinski definition) is 1. The summed E-state index contributed by atoms with van der Waals surface area (Å²) in [5.41, 5.74) is 1.35. The number of nitrogens with one attached hydrogen (secondary N) is 1. The van der Waals surface area contributed by atoms with Gasteiger partial charge in [-0.3, -0.25) is 4.79 Å². The molecule has 1 rings (SSSR count). The number of benzene rings is 1. The van der Waals surface area contributed by atoms with Crippen molar-refractivity contribution in [2.45, 2.75) is 26.8 Å². The van der Waals surface area contributed by atoms with Gasteiger partial charge in [0.05, 0.1) is 12.7 Å². The van der Waals surface area contributed by atoms with E-state index in [9.17, 15) is 4.79 Å². The van der Waals surface area contributed by atoms with Crippen LogP contribution in [0.4, 0.5) is 0 Å². The lowest BCUT2D eigenvalue weighted by molar-refractivity contribution is 0.0940. The topological polar surface area (TPSA) is 38.3 Å². The van der Waals surface area contributed by atoms with Gasteiger partial charge in [0.1, 0.15) is 5.75 Å². The molecule has 0 spiro atoms. The van der Waals surface area contributed by atoms with Crippen LogP contribution in [0, 0.1) is 6.92 Å². The Balaban J connectivity index is 3.11. The Morgan fingerprint density at radius 3 is 2.56 bits per heavy atom. The normalized spacial score (nSPS) is 10.4. The fourth-order valence-electron chi connectivity index (χ4n) is 1.34. The molecule has 0 radical (unpaired) electrons. The summed E-state index contributed by atoms with van der Waals surface area (Å²) < 4.78 is 5.16.